The Morgan fingerprint density at radius 3 is 2.63 bits per heavy atom. The van der Waals surface area contributed by atoms with Crippen LogP contribution in [0.15, 0.2) is 53.8 Å². The van der Waals surface area contributed by atoms with Gasteiger partial charge in [-0.25, -0.2) is 4.98 Å². The molecule has 4 nitrogen and oxygen atoms in total. The van der Waals surface area contributed by atoms with Gasteiger partial charge in [0.25, 0.3) is 5.56 Å². The first-order chi connectivity index (χ1) is 9.33. The molecular formula is C15H11N3O. The van der Waals surface area contributed by atoms with Gasteiger partial charge in [0.15, 0.2) is 0 Å². The number of aromatic nitrogens is 3. The molecule has 2 aromatic heterocycles. The number of fused-ring (bicyclic) bond motifs is 1. The van der Waals surface area contributed by atoms with Crippen molar-refractivity contribution in [2.45, 2.75) is 0 Å². The summed E-state index contributed by atoms with van der Waals surface area (Å²) < 4.78 is 0. The zero-order valence-electron chi connectivity index (χ0n) is 10.1. The van der Waals surface area contributed by atoms with Crippen LogP contribution in [0.1, 0.15) is 11.1 Å². The summed E-state index contributed by atoms with van der Waals surface area (Å²) in [5.74, 6) is 0. The van der Waals surface area contributed by atoms with Gasteiger partial charge in [-0.3, -0.25) is 9.78 Å². The maximum Gasteiger partial charge on any atom is 0.258 e. The first kappa shape index (κ1) is 11.3. The molecule has 0 saturated carbocycles. The molecule has 0 saturated heterocycles. The number of benzene rings is 1. The molecule has 0 fully saturated rings. The van der Waals surface area contributed by atoms with Gasteiger partial charge in [-0.05, 0) is 35.4 Å². The van der Waals surface area contributed by atoms with Gasteiger partial charge in [-0.15, -0.1) is 0 Å². The van der Waals surface area contributed by atoms with Crippen molar-refractivity contribution in [2.75, 3.05) is 0 Å². The van der Waals surface area contributed by atoms with Gasteiger partial charge in [0.05, 0.1) is 17.2 Å². The van der Waals surface area contributed by atoms with Crippen LogP contribution in [-0.2, 0) is 0 Å². The van der Waals surface area contributed by atoms with E-state index in [9.17, 15) is 4.79 Å². The molecule has 0 aliphatic rings. The van der Waals surface area contributed by atoms with E-state index in [-0.39, 0.29) is 5.56 Å². The monoisotopic (exact) mass is 249 g/mol. The van der Waals surface area contributed by atoms with Gasteiger partial charge in [-0.1, -0.05) is 18.2 Å². The van der Waals surface area contributed by atoms with Crippen molar-refractivity contribution < 1.29 is 0 Å². The summed E-state index contributed by atoms with van der Waals surface area (Å²) in [5.41, 5.74) is 2.60. The molecule has 1 aromatic carbocycles. The molecule has 2 heterocycles. The largest absolute Gasteiger partial charge is 0.313 e. The van der Waals surface area contributed by atoms with Crippen LogP contribution < -0.4 is 5.56 Å². The molecule has 0 aliphatic heterocycles. The second-order valence-corrected chi connectivity index (χ2v) is 4.12. The van der Waals surface area contributed by atoms with Crippen LogP contribution in [0.4, 0.5) is 0 Å². The molecule has 0 atom stereocenters. The highest BCUT2D eigenvalue weighted by molar-refractivity contribution is 5.82. The predicted molar refractivity (Wildman–Crippen MR) is 75.5 cm³/mol. The minimum absolute atomic E-state index is 0.121. The highest BCUT2D eigenvalue weighted by Crippen LogP contribution is 2.12. The molecule has 1 N–H and O–H groups in total. The van der Waals surface area contributed by atoms with Crippen molar-refractivity contribution in [3.8, 4) is 0 Å². The Balaban J connectivity index is 2.00. The third kappa shape index (κ3) is 2.42. The van der Waals surface area contributed by atoms with Gasteiger partial charge in [0.1, 0.15) is 0 Å². The molecule has 0 spiro atoms. The quantitative estimate of drug-likeness (QED) is 0.759. The molecule has 3 rings (SSSR count). The maximum absolute atomic E-state index is 11.7. The Morgan fingerprint density at radius 2 is 1.79 bits per heavy atom. The average Bonchev–Trinajstić information content (AvgIpc) is 2.47. The Kier molecular flexibility index (Phi) is 2.90. The summed E-state index contributed by atoms with van der Waals surface area (Å²) in [4.78, 5) is 22.3. The van der Waals surface area contributed by atoms with E-state index in [1.165, 1.54) is 6.33 Å². The Bertz CT molecular complexity index is 791. The van der Waals surface area contributed by atoms with Crippen molar-refractivity contribution in [3.63, 3.8) is 0 Å². The van der Waals surface area contributed by atoms with Crippen LogP contribution in [-0.4, -0.2) is 15.0 Å². The van der Waals surface area contributed by atoms with Crippen molar-refractivity contribution in [1.29, 1.82) is 0 Å². The maximum atomic E-state index is 11.7. The van der Waals surface area contributed by atoms with Crippen molar-refractivity contribution in [3.05, 3.63) is 70.5 Å². The number of aromatic amines is 1. The van der Waals surface area contributed by atoms with E-state index in [1.54, 1.807) is 12.4 Å². The fraction of sp³-hybridized carbons (Fsp3) is 0. The van der Waals surface area contributed by atoms with Crippen molar-refractivity contribution >= 4 is 23.1 Å². The van der Waals surface area contributed by atoms with Crippen LogP contribution in [0.5, 0.6) is 0 Å². The predicted octanol–water partition coefficient (Wildman–Crippen LogP) is 2.49. The number of rotatable bonds is 2. The SMILES string of the molecule is O=c1[nH]cnc2ccc(C=Cc3ccncc3)cc12. The molecule has 4 heteroatoms. The number of hydrogen-bond donors (Lipinski definition) is 1. The lowest BCUT2D eigenvalue weighted by molar-refractivity contribution is 1.17. The Hall–Kier alpha value is -2.75. The standard InChI is InChI=1S/C15H11N3O/c19-15-13-9-12(3-4-14(13)17-10-18-15)2-1-11-5-7-16-8-6-11/h1-10H,(H,17,18,19). The van der Waals surface area contributed by atoms with Crippen LogP contribution in [0.3, 0.4) is 0 Å². The van der Waals surface area contributed by atoms with Crippen molar-refractivity contribution in [1.82, 2.24) is 15.0 Å². The zero-order valence-corrected chi connectivity index (χ0v) is 10.1. The highest BCUT2D eigenvalue weighted by atomic mass is 16.1. The normalized spacial score (nSPS) is 11.2. The van der Waals surface area contributed by atoms with E-state index in [0.29, 0.717) is 10.9 Å². The molecule has 92 valence electrons. The second kappa shape index (κ2) is 4.86. The van der Waals surface area contributed by atoms with Crippen LogP contribution in [0.2, 0.25) is 0 Å². The first-order valence-electron chi connectivity index (χ1n) is 5.88. The highest BCUT2D eigenvalue weighted by Gasteiger charge is 1.99. The minimum Gasteiger partial charge on any atom is -0.313 e. The lowest BCUT2D eigenvalue weighted by Crippen LogP contribution is -2.05. The summed E-state index contributed by atoms with van der Waals surface area (Å²) in [6, 6.07) is 9.46. The minimum atomic E-state index is -0.121. The lowest BCUT2D eigenvalue weighted by Gasteiger charge is -1.98. The van der Waals surface area contributed by atoms with Gasteiger partial charge in [0, 0.05) is 12.4 Å². The van der Waals surface area contributed by atoms with Gasteiger partial charge in [-0.2, -0.15) is 0 Å². The Labute approximate surface area is 109 Å². The summed E-state index contributed by atoms with van der Waals surface area (Å²) in [5, 5.41) is 0.597. The van der Waals surface area contributed by atoms with Crippen molar-refractivity contribution in [2.24, 2.45) is 0 Å². The van der Waals surface area contributed by atoms with E-state index in [2.05, 4.69) is 15.0 Å². The average molecular weight is 249 g/mol. The zero-order chi connectivity index (χ0) is 13.1. The van der Waals surface area contributed by atoms with Gasteiger partial charge >= 0.3 is 0 Å². The molecule has 19 heavy (non-hydrogen) atoms. The number of nitrogens with one attached hydrogen (secondary N) is 1. The third-order valence-electron chi connectivity index (χ3n) is 2.84. The van der Waals surface area contributed by atoms with E-state index in [4.69, 9.17) is 0 Å². The number of H-pyrrole nitrogens is 1. The van der Waals surface area contributed by atoms with E-state index in [0.717, 1.165) is 11.1 Å². The van der Waals surface area contributed by atoms with E-state index < -0.39 is 0 Å². The molecular weight excluding hydrogens is 238 g/mol. The molecule has 0 amide bonds. The number of pyridine rings is 1. The lowest BCUT2D eigenvalue weighted by atomic mass is 10.1. The van der Waals surface area contributed by atoms with Gasteiger partial charge in [0.2, 0.25) is 0 Å². The second-order valence-electron chi connectivity index (χ2n) is 4.12. The summed E-state index contributed by atoms with van der Waals surface area (Å²) in [6.45, 7) is 0. The summed E-state index contributed by atoms with van der Waals surface area (Å²) in [6.07, 6.45) is 8.84. The van der Waals surface area contributed by atoms with E-state index in [1.807, 2.05) is 42.5 Å². The van der Waals surface area contributed by atoms with Crippen LogP contribution >= 0.6 is 0 Å². The molecule has 0 aliphatic carbocycles. The molecule has 0 unspecified atom stereocenters. The topological polar surface area (TPSA) is 58.6 Å². The number of hydrogen-bond acceptors (Lipinski definition) is 3. The summed E-state index contributed by atoms with van der Waals surface area (Å²) >= 11 is 0. The third-order valence-corrected chi connectivity index (χ3v) is 2.84. The fourth-order valence-corrected chi connectivity index (χ4v) is 1.86. The van der Waals surface area contributed by atoms with E-state index >= 15 is 0 Å². The fourth-order valence-electron chi connectivity index (χ4n) is 1.86. The smallest absolute Gasteiger partial charge is 0.258 e. The molecule has 0 bridgehead atoms. The molecule has 3 aromatic rings. The van der Waals surface area contributed by atoms with Gasteiger partial charge < -0.3 is 4.98 Å². The Morgan fingerprint density at radius 1 is 1.00 bits per heavy atom. The number of nitrogens with zero attached hydrogens (tertiary/aromatic N) is 2. The summed E-state index contributed by atoms with van der Waals surface area (Å²) in [7, 11) is 0. The van der Waals surface area contributed by atoms with Crippen LogP contribution in [0, 0.1) is 0 Å². The van der Waals surface area contributed by atoms with Crippen LogP contribution in [0.25, 0.3) is 23.1 Å². The molecule has 0 radical (unpaired) electrons. The first-order valence-corrected chi connectivity index (χ1v) is 5.88.